The predicted molar refractivity (Wildman–Crippen MR) is 122 cm³/mol. The van der Waals surface area contributed by atoms with Crippen LogP contribution in [-0.4, -0.2) is 51.0 Å². The molecular formula is C24H43NO6. The number of carbonyl (C=O) groups excluding carboxylic acids is 3. The summed E-state index contributed by atoms with van der Waals surface area (Å²) in [7, 11) is 2.58. The van der Waals surface area contributed by atoms with Crippen molar-refractivity contribution in [2.45, 2.75) is 104 Å². The molecule has 7 heteroatoms. The van der Waals surface area contributed by atoms with Crippen molar-refractivity contribution in [3.63, 3.8) is 0 Å². The van der Waals surface area contributed by atoms with Gasteiger partial charge in [0.25, 0.3) is 0 Å². The first-order chi connectivity index (χ1) is 14.8. The highest BCUT2D eigenvalue weighted by Crippen LogP contribution is 2.16. The molecule has 0 saturated carbocycles. The summed E-state index contributed by atoms with van der Waals surface area (Å²) in [5, 5.41) is 0. The highest BCUT2D eigenvalue weighted by molar-refractivity contribution is 5.80. The van der Waals surface area contributed by atoms with Crippen molar-refractivity contribution in [1.29, 1.82) is 0 Å². The minimum atomic E-state index is -0.791. The van der Waals surface area contributed by atoms with Crippen molar-refractivity contribution in [2.75, 3.05) is 20.8 Å². The number of methoxy groups -OCH3 is 2. The van der Waals surface area contributed by atoms with Gasteiger partial charge >= 0.3 is 17.9 Å². The minimum absolute atomic E-state index is 0.0712. The number of carbonyl (C=O) groups is 3. The van der Waals surface area contributed by atoms with Gasteiger partial charge in [-0.05, 0) is 12.8 Å². The van der Waals surface area contributed by atoms with E-state index in [0.29, 0.717) is 6.42 Å². The van der Waals surface area contributed by atoms with Crippen LogP contribution in [0.3, 0.4) is 0 Å². The van der Waals surface area contributed by atoms with Gasteiger partial charge in [-0.3, -0.25) is 14.6 Å². The highest BCUT2D eigenvalue weighted by Gasteiger charge is 2.23. The van der Waals surface area contributed by atoms with Crippen LogP contribution in [0.2, 0.25) is 0 Å². The number of esters is 3. The zero-order chi connectivity index (χ0) is 23.5. The Labute approximate surface area is 188 Å². The van der Waals surface area contributed by atoms with E-state index in [2.05, 4.69) is 16.7 Å². The molecule has 0 fully saturated rings. The Balaban J connectivity index is 4.20. The summed E-state index contributed by atoms with van der Waals surface area (Å²) in [6.45, 7) is 6.14. The first kappa shape index (κ1) is 29.1. The lowest BCUT2D eigenvalue weighted by molar-refractivity contribution is -0.146. The third kappa shape index (κ3) is 16.4. The molecule has 0 N–H and O–H groups in total. The Morgan fingerprint density at radius 3 is 1.97 bits per heavy atom. The molecule has 0 bridgehead atoms. The van der Waals surface area contributed by atoms with Crippen molar-refractivity contribution in [3.05, 3.63) is 0 Å². The second kappa shape index (κ2) is 17.7. The first-order valence-corrected chi connectivity index (χ1v) is 11.6. The Hall–Kier alpha value is -1.92. The molecule has 0 aromatic carbocycles. The Bertz CT molecular complexity index is 544. The average molecular weight is 442 g/mol. The van der Waals surface area contributed by atoms with Crippen LogP contribution in [0.15, 0.2) is 4.99 Å². The number of hydrogen-bond acceptors (Lipinski definition) is 7. The van der Waals surface area contributed by atoms with Gasteiger partial charge in [0.2, 0.25) is 0 Å². The summed E-state index contributed by atoms with van der Waals surface area (Å²) in [6.07, 6.45) is 13.1. The molecule has 1 atom stereocenters. The van der Waals surface area contributed by atoms with Gasteiger partial charge in [0, 0.05) is 24.5 Å². The fourth-order valence-corrected chi connectivity index (χ4v) is 2.99. The van der Waals surface area contributed by atoms with Crippen molar-refractivity contribution >= 4 is 24.1 Å². The third-order valence-electron chi connectivity index (χ3n) is 5.02. The van der Waals surface area contributed by atoms with Gasteiger partial charge in [-0.25, -0.2) is 4.79 Å². The number of nitrogens with zero attached hydrogens (tertiary/aromatic N) is 1. The number of ether oxygens (including phenoxy) is 3. The zero-order valence-electron chi connectivity index (χ0n) is 20.2. The molecule has 0 aliphatic rings. The highest BCUT2D eigenvalue weighted by atomic mass is 16.5. The fourth-order valence-electron chi connectivity index (χ4n) is 2.99. The van der Waals surface area contributed by atoms with Crippen LogP contribution in [0.1, 0.15) is 97.8 Å². The summed E-state index contributed by atoms with van der Waals surface area (Å²) in [6, 6.07) is -0.791. The van der Waals surface area contributed by atoms with E-state index in [1.54, 1.807) is 6.21 Å². The standard InChI is InChI=1S/C24H43NO6/c1-6-7-8-9-10-11-12-13-14-15-22(27)31-19-24(2,3)18-25-20(23(28)30-5)16-17-21(26)29-4/h18,20H,6-17,19H2,1-5H3/b25-18+. The van der Waals surface area contributed by atoms with Crippen LogP contribution >= 0.6 is 0 Å². The molecule has 0 aromatic heterocycles. The van der Waals surface area contributed by atoms with E-state index in [1.807, 2.05) is 13.8 Å². The molecule has 31 heavy (non-hydrogen) atoms. The SMILES string of the molecule is CCCCCCCCCCCC(=O)OCC(C)(C)/C=N/C(CCC(=O)OC)C(=O)OC. The molecule has 0 aliphatic carbocycles. The zero-order valence-corrected chi connectivity index (χ0v) is 20.2. The Morgan fingerprint density at radius 2 is 1.42 bits per heavy atom. The van der Waals surface area contributed by atoms with Crippen molar-refractivity contribution in [1.82, 2.24) is 0 Å². The molecular weight excluding hydrogens is 398 g/mol. The number of rotatable bonds is 18. The third-order valence-corrected chi connectivity index (χ3v) is 5.02. The van der Waals surface area contributed by atoms with Crippen molar-refractivity contribution in [2.24, 2.45) is 10.4 Å². The molecule has 180 valence electrons. The van der Waals surface area contributed by atoms with E-state index in [1.165, 1.54) is 52.7 Å². The molecule has 0 amide bonds. The number of unbranched alkanes of at least 4 members (excludes halogenated alkanes) is 8. The van der Waals surface area contributed by atoms with E-state index in [9.17, 15) is 14.4 Å². The summed E-state index contributed by atoms with van der Waals surface area (Å²) >= 11 is 0. The Morgan fingerprint density at radius 1 is 0.839 bits per heavy atom. The summed E-state index contributed by atoms with van der Waals surface area (Å²) in [5.41, 5.74) is -0.536. The van der Waals surface area contributed by atoms with Crippen LogP contribution in [-0.2, 0) is 28.6 Å². The number of hydrogen-bond donors (Lipinski definition) is 0. The fraction of sp³-hybridized carbons (Fsp3) is 0.833. The normalized spacial score (nSPS) is 12.5. The lowest BCUT2D eigenvalue weighted by Crippen LogP contribution is -2.27. The average Bonchev–Trinajstić information content (AvgIpc) is 2.75. The minimum Gasteiger partial charge on any atom is -0.469 e. The Kier molecular flexibility index (Phi) is 16.6. The van der Waals surface area contributed by atoms with Gasteiger partial charge in [0.05, 0.1) is 14.2 Å². The summed E-state index contributed by atoms with van der Waals surface area (Å²) in [4.78, 5) is 39.5. The predicted octanol–water partition coefficient (Wildman–Crippen LogP) is 5.04. The van der Waals surface area contributed by atoms with E-state index in [4.69, 9.17) is 9.47 Å². The second-order valence-corrected chi connectivity index (χ2v) is 8.66. The van der Waals surface area contributed by atoms with Gasteiger partial charge in [-0.15, -0.1) is 0 Å². The second-order valence-electron chi connectivity index (χ2n) is 8.66. The van der Waals surface area contributed by atoms with Crippen LogP contribution < -0.4 is 0 Å². The smallest absolute Gasteiger partial charge is 0.330 e. The van der Waals surface area contributed by atoms with Crippen LogP contribution in [0.25, 0.3) is 0 Å². The lowest BCUT2D eigenvalue weighted by atomic mass is 9.96. The largest absolute Gasteiger partial charge is 0.469 e. The molecule has 0 rings (SSSR count). The topological polar surface area (TPSA) is 91.3 Å². The molecule has 0 heterocycles. The summed E-state index contributed by atoms with van der Waals surface area (Å²) < 4.78 is 14.7. The van der Waals surface area contributed by atoms with E-state index in [-0.39, 0.29) is 25.4 Å². The summed E-state index contributed by atoms with van der Waals surface area (Å²) in [5.74, 6) is -1.13. The number of aliphatic imine (C=N–C) groups is 1. The van der Waals surface area contributed by atoms with Crippen LogP contribution in [0, 0.1) is 5.41 Å². The maximum atomic E-state index is 12.0. The monoisotopic (exact) mass is 441 g/mol. The van der Waals surface area contributed by atoms with Gasteiger partial charge < -0.3 is 14.2 Å². The maximum Gasteiger partial charge on any atom is 0.330 e. The van der Waals surface area contributed by atoms with E-state index >= 15 is 0 Å². The molecule has 0 spiro atoms. The van der Waals surface area contributed by atoms with E-state index in [0.717, 1.165) is 19.3 Å². The molecule has 0 aliphatic heterocycles. The van der Waals surface area contributed by atoms with Crippen LogP contribution in [0.4, 0.5) is 0 Å². The van der Waals surface area contributed by atoms with Gasteiger partial charge in [0.15, 0.2) is 0 Å². The van der Waals surface area contributed by atoms with Crippen molar-refractivity contribution in [3.8, 4) is 0 Å². The molecule has 0 saturated heterocycles. The van der Waals surface area contributed by atoms with Gasteiger partial charge in [0.1, 0.15) is 12.6 Å². The van der Waals surface area contributed by atoms with Crippen molar-refractivity contribution < 1.29 is 28.6 Å². The van der Waals surface area contributed by atoms with Gasteiger partial charge in [-0.2, -0.15) is 0 Å². The first-order valence-electron chi connectivity index (χ1n) is 11.6. The quantitative estimate of drug-likeness (QED) is 0.128. The molecule has 0 aromatic rings. The van der Waals surface area contributed by atoms with Gasteiger partial charge in [-0.1, -0.05) is 72.1 Å². The molecule has 7 nitrogen and oxygen atoms in total. The lowest BCUT2D eigenvalue weighted by Gasteiger charge is -2.20. The molecule has 1 unspecified atom stereocenters. The van der Waals surface area contributed by atoms with E-state index < -0.39 is 23.4 Å². The molecule has 0 radical (unpaired) electrons. The maximum absolute atomic E-state index is 12.0. The van der Waals surface area contributed by atoms with Crippen LogP contribution in [0.5, 0.6) is 0 Å².